The van der Waals surface area contributed by atoms with Crippen LogP contribution in [0.2, 0.25) is 0 Å². The van der Waals surface area contributed by atoms with E-state index in [9.17, 15) is 4.79 Å². The fourth-order valence-corrected chi connectivity index (χ4v) is 2.56. The maximum atomic E-state index is 11.4. The number of carbonyl (C=O) groups is 1. The molecule has 1 saturated heterocycles. The number of nitrogen functional groups attached to an aromatic ring is 1. The lowest BCUT2D eigenvalue weighted by atomic mass is 10.00. The summed E-state index contributed by atoms with van der Waals surface area (Å²) in [5.41, 5.74) is 9.09. The fraction of sp³-hybridized carbons (Fsp3) is 0.533. The van der Waals surface area contributed by atoms with Gasteiger partial charge in [-0.15, -0.1) is 0 Å². The summed E-state index contributed by atoms with van der Waals surface area (Å²) in [6.45, 7) is 5.79. The van der Waals surface area contributed by atoms with Crippen LogP contribution in [-0.4, -0.2) is 39.3 Å². The summed E-state index contributed by atoms with van der Waals surface area (Å²) in [7, 11) is 1.42. The summed E-state index contributed by atoms with van der Waals surface area (Å²) in [6.07, 6.45) is 0.651. The monoisotopic (exact) mass is 277 g/mol. The van der Waals surface area contributed by atoms with E-state index < -0.39 is 0 Å². The number of anilines is 2. The summed E-state index contributed by atoms with van der Waals surface area (Å²) in [5.74, 6) is -0.334. The second-order valence-electron chi connectivity index (χ2n) is 5.26. The van der Waals surface area contributed by atoms with Gasteiger partial charge in [0.05, 0.1) is 24.4 Å². The van der Waals surface area contributed by atoms with Crippen molar-refractivity contribution in [2.45, 2.75) is 13.3 Å². The van der Waals surface area contributed by atoms with E-state index in [0.29, 0.717) is 6.42 Å². The molecule has 1 aliphatic heterocycles. The second kappa shape index (κ2) is 6.61. The van der Waals surface area contributed by atoms with E-state index in [1.165, 1.54) is 7.11 Å². The van der Waals surface area contributed by atoms with Crippen LogP contribution in [0.5, 0.6) is 0 Å². The molecule has 1 unspecified atom stereocenters. The molecular formula is C15H23N3O2. The van der Waals surface area contributed by atoms with Crippen LogP contribution < -0.4 is 16.0 Å². The molecule has 1 aromatic rings. The van der Waals surface area contributed by atoms with Crippen LogP contribution in [0.25, 0.3) is 0 Å². The lowest BCUT2D eigenvalue weighted by Gasteiger charge is -2.30. The van der Waals surface area contributed by atoms with Gasteiger partial charge in [-0.2, -0.15) is 0 Å². The van der Waals surface area contributed by atoms with Crippen molar-refractivity contribution in [1.82, 2.24) is 5.32 Å². The number of nitrogens with zero attached hydrogens (tertiary/aromatic N) is 1. The molecule has 110 valence electrons. The third kappa shape index (κ3) is 3.42. The van der Waals surface area contributed by atoms with Gasteiger partial charge in [0.2, 0.25) is 0 Å². The Morgan fingerprint density at radius 1 is 1.45 bits per heavy atom. The highest BCUT2D eigenvalue weighted by atomic mass is 16.5. The van der Waals surface area contributed by atoms with Gasteiger partial charge >= 0.3 is 5.97 Å². The highest BCUT2D eigenvalue weighted by Gasteiger charge is 2.16. The number of hydrogen-bond donors (Lipinski definition) is 2. The summed E-state index contributed by atoms with van der Waals surface area (Å²) in [6, 6.07) is 6.07. The van der Waals surface area contributed by atoms with E-state index in [2.05, 4.69) is 16.3 Å². The van der Waals surface area contributed by atoms with Gasteiger partial charge in [0.15, 0.2) is 0 Å². The van der Waals surface area contributed by atoms with E-state index in [1.54, 1.807) is 0 Å². The van der Waals surface area contributed by atoms with Gasteiger partial charge in [0.1, 0.15) is 0 Å². The molecule has 0 amide bonds. The van der Waals surface area contributed by atoms with E-state index >= 15 is 0 Å². The molecule has 20 heavy (non-hydrogen) atoms. The third-order valence-electron chi connectivity index (χ3n) is 3.70. The molecule has 1 aliphatic rings. The van der Waals surface area contributed by atoms with Gasteiger partial charge in [-0.1, -0.05) is 13.0 Å². The molecule has 1 atom stereocenters. The number of rotatable bonds is 4. The number of piperazine rings is 1. The Balaban J connectivity index is 2.07. The summed E-state index contributed by atoms with van der Waals surface area (Å²) >= 11 is 0. The molecule has 1 aromatic carbocycles. The Morgan fingerprint density at radius 3 is 2.75 bits per heavy atom. The zero-order chi connectivity index (χ0) is 14.5. The molecule has 3 N–H and O–H groups in total. The van der Waals surface area contributed by atoms with Gasteiger partial charge in [-0.05, 0) is 24.1 Å². The maximum Gasteiger partial charge on any atom is 0.308 e. The Morgan fingerprint density at radius 2 is 2.15 bits per heavy atom. The number of hydrogen-bond acceptors (Lipinski definition) is 5. The number of nitrogens with two attached hydrogens (primary N) is 1. The molecule has 0 radical (unpaired) electrons. The van der Waals surface area contributed by atoms with Gasteiger partial charge in [-0.3, -0.25) is 4.79 Å². The van der Waals surface area contributed by atoms with Crippen LogP contribution >= 0.6 is 0 Å². The number of methoxy groups -OCH3 is 1. The average molecular weight is 277 g/mol. The van der Waals surface area contributed by atoms with Crippen LogP contribution in [0.1, 0.15) is 12.5 Å². The van der Waals surface area contributed by atoms with Crippen molar-refractivity contribution < 1.29 is 9.53 Å². The SMILES string of the molecule is COC(=O)C(C)Cc1ccc(N2CCNCC2)c(N)c1. The number of benzene rings is 1. The average Bonchev–Trinajstić information content (AvgIpc) is 2.47. The number of nitrogens with one attached hydrogen (secondary N) is 1. The molecule has 0 saturated carbocycles. The zero-order valence-corrected chi connectivity index (χ0v) is 12.2. The van der Waals surface area contributed by atoms with E-state index in [4.69, 9.17) is 10.5 Å². The first kappa shape index (κ1) is 14.7. The van der Waals surface area contributed by atoms with Crippen molar-refractivity contribution in [1.29, 1.82) is 0 Å². The molecule has 0 bridgehead atoms. The van der Waals surface area contributed by atoms with E-state index in [-0.39, 0.29) is 11.9 Å². The largest absolute Gasteiger partial charge is 0.469 e. The third-order valence-corrected chi connectivity index (χ3v) is 3.70. The Labute approximate surface area is 120 Å². The van der Waals surface area contributed by atoms with Crippen molar-refractivity contribution in [2.24, 2.45) is 5.92 Å². The highest BCUT2D eigenvalue weighted by molar-refractivity contribution is 5.73. The van der Waals surface area contributed by atoms with Gasteiger partial charge in [0.25, 0.3) is 0 Å². The van der Waals surface area contributed by atoms with Crippen LogP contribution in [0, 0.1) is 5.92 Å². The fourth-order valence-electron chi connectivity index (χ4n) is 2.56. The first-order valence-electron chi connectivity index (χ1n) is 7.03. The number of esters is 1. The zero-order valence-electron chi connectivity index (χ0n) is 12.2. The Bertz CT molecular complexity index is 470. The lowest BCUT2D eigenvalue weighted by molar-refractivity contribution is -0.144. The van der Waals surface area contributed by atoms with Crippen LogP contribution in [0.15, 0.2) is 18.2 Å². The molecule has 1 heterocycles. The summed E-state index contributed by atoms with van der Waals surface area (Å²) in [5, 5.41) is 3.33. The molecular weight excluding hydrogens is 254 g/mol. The first-order chi connectivity index (χ1) is 9.61. The topological polar surface area (TPSA) is 67.6 Å². The van der Waals surface area contributed by atoms with Crippen molar-refractivity contribution >= 4 is 17.3 Å². The van der Waals surface area contributed by atoms with E-state index in [0.717, 1.165) is 43.1 Å². The minimum Gasteiger partial charge on any atom is -0.469 e. The molecule has 1 fully saturated rings. The summed E-state index contributed by atoms with van der Waals surface area (Å²) < 4.78 is 4.75. The molecule has 2 rings (SSSR count). The van der Waals surface area contributed by atoms with Gasteiger partial charge in [0, 0.05) is 26.2 Å². The van der Waals surface area contributed by atoms with E-state index in [1.807, 2.05) is 19.1 Å². The maximum absolute atomic E-state index is 11.4. The van der Waals surface area contributed by atoms with Crippen LogP contribution in [0.4, 0.5) is 11.4 Å². The minimum atomic E-state index is -0.185. The lowest BCUT2D eigenvalue weighted by Crippen LogP contribution is -2.43. The quantitative estimate of drug-likeness (QED) is 0.635. The van der Waals surface area contributed by atoms with Crippen LogP contribution in [-0.2, 0) is 16.0 Å². The standard InChI is InChI=1S/C15H23N3O2/c1-11(15(19)20-2)9-12-3-4-14(13(16)10-12)18-7-5-17-6-8-18/h3-4,10-11,17H,5-9,16H2,1-2H3. The Hall–Kier alpha value is -1.75. The minimum absolute atomic E-state index is 0.149. The molecule has 5 nitrogen and oxygen atoms in total. The van der Waals surface area contributed by atoms with Crippen molar-refractivity contribution in [3.05, 3.63) is 23.8 Å². The van der Waals surface area contributed by atoms with Gasteiger partial charge in [-0.25, -0.2) is 0 Å². The molecule has 5 heteroatoms. The van der Waals surface area contributed by atoms with Crippen LogP contribution in [0.3, 0.4) is 0 Å². The second-order valence-corrected chi connectivity index (χ2v) is 5.26. The highest BCUT2D eigenvalue weighted by Crippen LogP contribution is 2.25. The number of ether oxygens (including phenoxy) is 1. The molecule has 0 spiro atoms. The smallest absolute Gasteiger partial charge is 0.308 e. The predicted molar refractivity (Wildman–Crippen MR) is 80.8 cm³/mol. The Kier molecular flexibility index (Phi) is 4.84. The summed E-state index contributed by atoms with van der Waals surface area (Å²) in [4.78, 5) is 13.7. The van der Waals surface area contributed by atoms with Crippen molar-refractivity contribution in [3.8, 4) is 0 Å². The molecule has 0 aromatic heterocycles. The molecule has 0 aliphatic carbocycles. The van der Waals surface area contributed by atoms with Crippen molar-refractivity contribution in [3.63, 3.8) is 0 Å². The van der Waals surface area contributed by atoms with Crippen molar-refractivity contribution in [2.75, 3.05) is 43.9 Å². The normalized spacial score (nSPS) is 16.8. The predicted octanol–water partition coefficient (Wildman–Crippen LogP) is 1.03. The first-order valence-corrected chi connectivity index (χ1v) is 7.03. The van der Waals surface area contributed by atoms with Gasteiger partial charge < -0.3 is 20.7 Å². The number of carbonyl (C=O) groups excluding carboxylic acids is 1.